The van der Waals surface area contributed by atoms with Crippen molar-refractivity contribution in [3.8, 4) is 11.1 Å². The molecule has 0 unspecified atom stereocenters. The van der Waals surface area contributed by atoms with Gasteiger partial charge in [-0.15, -0.1) is 0 Å². The zero-order chi connectivity index (χ0) is 14.5. The maximum absolute atomic E-state index is 11.9. The molecule has 0 aliphatic rings. The predicted molar refractivity (Wildman–Crippen MR) is 77.8 cm³/mol. The van der Waals surface area contributed by atoms with Gasteiger partial charge in [-0.1, -0.05) is 36.4 Å². The zero-order valence-electron chi connectivity index (χ0n) is 11.5. The molecule has 0 radical (unpaired) electrons. The first kappa shape index (κ1) is 14.0. The van der Waals surface area contributed by atoms with Crippen LogP contribution >= 0.6 is 0 Å². The van der Waals surface area contributed by atoms with Crippen LogP contribution in [0.1, 0.15) is 34.6 Å². The molecule has 0 N–H and O–H groups in total. The Morgan fingerprint density at radius 3 is 2.55 bits per heavy atom. The average Bonchev–Trinajstić information content (AvgIpc) is 2.46. The van der Waals surface area contributed by atoms with E-state index in [1.807, 2.05) is 38.1 Å². The van der Waals surface area contributed by atoms with Crippen LogP contribution in [0.2, 0.25) is 0 Å². The highest BCUT2D eigenvalue weighted by molar-refractivity contribution is 5.93. The molecule has 0 spiro atoms. The highest BCUT2D eigenvalue weighted by Gasteiger charge is 2.11. The van der Waals surface area contributed by atoms with E-state index in [-0.39, 0.29) is 12.1 Å². The Hall–Kier alpha value is -2.42. The quantitative estimate of drug-likeness (QED) is 0.627. The van der Waals surface area contributed by atoms with Crippen LogP contribution in [0.5, 0.6) is 0 Å². The second-order valence-electron chi connectivity index (χ2n) is 4.74. The Morgan fingerprint density at radius 2 is 1.85 bits per heavy atom. The standard InChI is InChI=1S/C17H16O3/c1-12(2)20-17(19)14-8-5-7-13(10-14)16-9-4-3-6-15(16)11-18/h3-12H,1-2H3. The molecule has 2 aromatic rings. The third-order valence-corrected chi connectivity index (χ3v) is 2.84. The Kier molecular flexibility index (Phi) is 4.31. The minimum absolute atomic E-state index is 0.159. The highest BCUT2D eigenvalue weighted by atomic mass is 16.5. The predicted octanol–water partition coefficient (Wildman–Crippen LogP) is 3.73. The number of carbonyl (C=O) groups excluding carboxylic acids is 2. The van der Waals surface area contributed by atoms with Crippen molar-refractivity contribution in [3.63, 3.8) is 0 Å². The maximum atomic E-state index is 11.9. The van der Waals surface area contributed by atoms with Crippen LogP contribution in [-0.2, 0) is 4.74 Å². The molecule has 0 aliphatic heterocycles. The number of hydrogen-bond donors (Lipinski definition) is 0. The molecule has 20 heavy (non-hydrogen) atoms. The first-order chi connectivity index (χ1) is 9.61. The summed E-state index contributed by atoms with van der Waals surface area (Å²) >= 11 is 0. The summed E-state index contributed by atoms with van der Waals surface area (Å²) in [6, 6.07) is 14.4. The van der Waals surface area contributed by atoms with E-state index in [2.05, 4.69) is 0 Å². The van der Waals surface area contributed by atoms with Gasteiger partial charge in [0.15, 0.2) is 6.29 Å². The molecule has 0 bridgehead atoms. The van der Waals surface area contributed by atoms with Gasteiger partial charge in [0.05, 0.1) is 11.7 Å². The number of aldehydes is 1. The SMILES string of the molecule is CC(C)OC(=O)c1cccc(-c2ccccc2C=O)c1. The summed E-state index contributed by atoms with van der Waals surface area (Å²) in [4.78, 5) is 23.0. The molecule has 0 aromatic heterocycles. The second-order valence-corrected chi connectivity index (χ2v) is 4.74. The van der Waals surface area contributed by atoms with Gasteiger partial charge >= 0.3 is 5.97 Å². The Labute approximate surface area is 118 Å². The van der Waals surface area contributed by atoms with E-state index in [4.69, 9.17) is 4.74 Å². The molecule has 0 fully saturated rings. The zero-order valence-corrected chi connectivity index (χ0v) is 11.5. The second kappa shape index (κ2) is 6.15. The van der Waals surface area contributed by atoms with Crippen LogP contribution < -0.4 is 0 Å². The maximum Gasteiger partial charge on any atom is 0.338 e. The summed E-state index contributed by atoms with van der Waals surface area (Å²) in [5.74, 6) is -0.356. The van der Waals surface area contributed by atoms with E-state index in [9.17, 15) is 9.59 Å². The summed E-state index contributed by atoms with van der Waals surface area (Å²) in [6.07, 6.45) is 0.655. The number of ether oxygens (including phenoxy) is 1. The van der Waals surface area contributed by atoms with Crippen molar-refractivity contribution >= 4 is 12.3 Å². The molecule has 2 rings (SSSR count). The molecular formula is C17H16O3. The van der Waals surface area contributed by atoms with Gasteiger partial charge in [0.1, 0.15) is 0 Å². The summed E-state index contributed by atoms with van der Waals surface area (Å²) < 4.78 is 5.18. The highest BCUT2D eigenvalue weighted by Crippen LogP contribution is 2.23. The van der Waals surface area contributed by atoms with Crippen molar-refractivity contribution in [2.75, 3.05) is 0 Å². The van der Waals surface area contributed by atoms with Gasteiger partial charge in [0, 0.05) is 5.56 Å². The topological polar surface area (TPSA) is 43.4 Å². The largest absolute Gasteiger partial charge is 0.459 e. The van der Waals surface area contributed by atoms with Gasteiger partial charge < -0.3 is 4.74 Å². The van der Waals surface area contributed by atoms with Gasteiger partial charge in [0.25, 0.3) is 0 Å². The number of benzene rings is 2. The van der Waals surface area contributed by atoms with Gasteiger partial charge in [-0.05, 0) is 37.1 Å². The van der Waals surface area contributed by atoms with Crippen LogP contribution in [0.15, 0.2) is 48.5 Å². The molecule has 102 valence electrons. The summed E-state index contributed by atoms with van der Waals surface area (Å²) in [5, 5.41) is 0. The summed E-state index contributed by atoms with van der Waals surface area (Å²) in [7, 11) is 0. The van der Waals surface area contributed by atoms with E-state index in [0.717, 1.165) is 17.4 Å². The van der Waals surface area contributed by atoms with E-state index in [0.29, 0.717) is 11.1 Å². The van der Waals surface area contributed by atoms with E-state index in [1.165, 1.54) is 0 Å². The third kappa shape index (κ3) is 3.12. The molecule has 0 amide bonds. The molecule has 0 atom stereocenters. The summed E-state index contributed by atoms with van der Waals surface area (Å²) in [6.45, 7) is 3.62. The first-order valence-corrected chi connectivity index (χ1v) is 6.47. The normalized spacial score (nSPS) is 10.3. The Bertz CT molecular complexity index is 630. The molecule has 0 saturated heterocycles. The van der Waals surface area contributed by atoms with Crippen molar-refractivity contribution in [1.82, 2.24) is 0 Å². The molecule has 2 aromatic carbocycles. The smallest absolute Gasteiger partial charge is 0.338 e. The third-order valence-electron chi connectivity index (χ3n) is 2.84. The molecule has 0 aliphatic carbocycles. The van der Waals surface area contributed by atoms with E-state index < -0.39 is 0 Å². The van der Waals surface area contributed by atoms with Gasteiger partial charge in [0.2, 0.25) is 0 Å². The Morgan fingerprint density at radius 1 is 1.10 bits per heavy atom. The van der Waals surface area contributed by atoms with Crippen LogP contribution in [0.3, 0.4) is 0 Å². The monoisotopic (exact) mass is 268 g/mol. The number of esters is 1. The average molecular weight is 268 g/mol. The fourth-order valence-electron chi connectivity index (χ4n) is 1.96. The van der Waals surface area contributed by atoms with Gasteiger partial charge in [-0.2, -0.15) is 0 Å². The lowest BCUT2D eigenvalue weighted by Gasteiger charge is -2.10. The lowest BCUT2D eigenvalue weighted by atomic mass is 9.99. The number of carbonyl (C=O) groups is 2. The van der Waals surface area contributed by atoms with Crippen molar-refractivity contribution in [2.24, 2.45) is 0 Å². The lowest BCUT2D eigenvalue weighted by Crippen LogP contribution is -2.11. The first-order valence-electron chi connectivity index (χ1n) is 6.47. The van der Waals surface area contributed by atoms with Gasteiger partial charge in [-0.3, -0.25) is 4.79 Å². The van der Waals surface area contributed by atoms with Crippen molar-refractivity contribution in [2.45, 2.75) is 20.0 Å². The number of hydrogen-bond acceptors (Lipinski definition) is 3. The fourth-order valence-corrected chi connectivity index (χ4v) is 1.96. The minimum atomic E-state index is -0.356. The van der Waals surface area contributed by atoms with Crippen molar-refractivity contribution in [3.05, 3.63) is 59.7 Å². The van der Waals surface area contributed by atoms with Crippen LogP contribution in [0.4, 0.5) is 0 Å². The van der Waals surface area contributed by atoms with Crippen LogP contribution in [0, 0.1) is 0 Å². The molecular weight excluding hydrogens is 252 g/mol. The van der Waals surface area contributed by atoms with Gasteiger partial charge in [-0.25, -0.2) is 4.79 Å². The number of rotatable bonds is 4. The van der Waals surface area contributed by atoms with Crippen molar-refractivity contribution < 1.29 is 14.3 Å². The van der Waals surface area contributed by atoms with Crippen LogP contribution in [-0.4, -0.2) is 18.4 Å². The fraction of sp³-hybridized carbons (Fsp3) is 0.176. The molecule has 0 heterocycles. The minimum Gasteiger partial charge on any atom is -0.459 e. The molecule has 3 nitrogen and oxygen atoms in total. The van der Waals surface area contributed by atoms with Crippen LogP contribution in [0.25, 0.3) is 11.1 Å². The lowest BCUT2D eigenvalue weighted by molar-refractivity contribution is 0.0378. The van der Waals surface area contributed by atoms with E-state index >= 15 is 0 Å². The summed E-state index contributed by atoms with van der Waals surface area (Å²) in [5.41, 5.74) is 2.71. The molecule has 3 heteroatoms. The Balaban J connectivity index is 2.39. The van der Waals surface area contributed by atoms with Crippen molar-refractivity contribution in [1.29, 1.82) is 0 Å². The van der Waals surface area contributed by atoms with E-state index in [1.54, 1.807) is 24.3 Å². The molecule has 0 saturated carbocycles.